The highest BCUT2D eigenvalue weighted by atomic mass is 127. The van der Waals surface area contributed by atoms with Gasteiger partial charge in [0.25, 0.3) is 0 Å². The molecule has 2 aliphatic rings. The third kappa shape index (κ3) is 6.38. The maximum absolute atomic E-state index is 5.77. The lowest BCUT2D eigenvalue weighted by molar-refractivity contribution is 0.00757. The van der Waals surface area contributed by atoms with E-state index < -0.39 is 0 Å². The Morgan fingerprint density at radius 3 is 2.50 bits per heavy atom. The van der Waals surface area contributed by atoms with Crippen LogP contribution in [-0.2, 0) is 4.74 Å². The predicted octanol–water partition coefficient (Wildman–Crippen LogP) is 2.81. The van der Waals surface area contributed by atoms with Gasteiger partial charge in [0.1, 0.15) is 0 Å². The van der Waals surface area contributed by atoms with E-state index in [1.54, 1.807) is 7.05 Å². The molecule has 2 heterocycles. The second-order valence-corrected chi connectivity index (χ2v) is 7.25. The largest absolute Gasteiger partial charge is 0.490 e. The Balaban J connectivity index is 0.00000280. The fraction of sp³-hybridized carbons (Fsp3) is 0.650. The van der Waals surface area contributed by atoms with Crippen LogP contribution in [0.4, 0.5) is 5.69 Å². The summed E-state index contributed by atoms with van der Waals surface area (Å²) in [7, 11) is 1.79. The van der Waals surface area contributed by atoms with E-state index in [9.17, 15) is 0 Å². The Morgan fingerprint density at radius 1 is 1.11 bits per heavy atom. The van der Waals surface area contributed by atoms with Crippen molar-refractivity contribution in [1.82, 2.24) is 10.2 Å². The van der Waals surface area contributed by atoms with Crippen molar-refractivity contribution in [2.45, 2.75) is 26.3 Å². The molecule has 1 fully saturated rings. The highest BCUT2D eigenvalue weighted by Gasteiger charge is 2.24. The van der Waals surface area contributed by atoms with Crippen LogP contribution in [0, 0.1) is 5.92 Å². The Bertz CT molecular complexity index is 636. The zero-order chi connectivity index (χ0) is 19.1. The molecule has 0 amide bonds. The number of halogens is 1. The maximum atomic E-state index is 5.77. The Hall–Kier alpha value is -1.26. The van der Waals surface area contributed by atoms with Crippen LogP contribution in [0.2, 0.25) is 0 Å². The predicted molar refractivity (Wildman–Crippen MR) is 123 cm³/mol. The second-order valence-electron chi connectivity index (χ2n) is 7.25. The van der Waals surface area contributed by atoms with Gasteiger partial charge in [0.15, 0.2) is 17.5 Å². The summed E-state index contributed by atoms with van der Waals surface area (Å²) in [5, 5.41) is 6.83. The monoisotopic (exact) mass is 504 g/mol. The first-order valence-corrected chi connectivity index (χ1v) is 9.86. The molecule has 28 heavy (non-hydrogen) atoms. The minimum absolute atomic E-state index is 0. The van der Waals surface area contributed by atoms with E-state index in [-0.39, 0.29) is 24.0 Å². The van der Waals surface area contributed by atoms with Crippen molar-refractivity contribution in [3.63, 3.8) is 0 Å². The molecule has 0 spiro atoms. The number of hydrogen-bond donors (Lipinski definition) is 2. The molecule has 1 aromatic carbocycles. The molecule has 8 heteroatoms. The van der Waals surface area contributed by atoms with Crippen LogP contribution in [-0.4, -0.2) is 70.0 Å². The van der Waals surface area contributed by atoms with Gasteiger partial charge < -0.3 is 24.8 Å². The highest BCUT2D eigenvalue weighted by Crippen LogP contribution is 2.32. The molecular weight excluding hydrogens is 471 g/mol. The number of aliphatic imine (C=N–C) groups is 1. The summed E-state index contributed by atoms with van der Waals surface area (Å²) in [6.45, 7) is 10.3. The van der Waals surface area contributed by atoms with Gasteiger partial charge in [0.05, 0.1) is 26.4 Å². The van der Waals surface area contributed by atoms with E-state index in [0.717, 1.165) is 62.4 Å². The molecule has 7 nitrogen and oxygen atoms in total. The van der Waals surface area contributed by atoms with Gasteiger partial charge in [-0.2, -0.15) is 0 Å². The number of nitrogens with zero attached hydrogens (tertiary/aromatic N) is 2. The van der Waals surface area contributed by atoms with Crippen molar-refractivity contribution >= 4 is 35.6 Å². The first kappa shape index (κ1) is 23.0. The summed E-state index contributed by atoms with van der Waals surface area (Å²) < 4.78 is 17.0. The average Bonchev–Trinajstić information content (AvgIpc) is 2.92. The molecule has 1 atom stereocenters. The fourth-order valence-electron chi connectivity index (χ4n) is 3.45. The van der Waals surface area contributed by atoms with Crippen LogP contribution in [0.25, 0.3) is 0 Å². The third-order valence-electron chi connectivity index (χ3n) is 5.00. The summed E-state index contributed by atoms with van der Waals surface area (Å²) in [6.07, 6.45) is 0.902. The van der Waals surface area contributed by atoms with Crippen molar-refractivity contribution in [2.24, 2.45) is 10.9 Å². The summed E-state index contributed by atoms with van der Waals surface area (Å²) in [4.78, 5) is 6.87. The van der Waals surface area contributed by atoms with Crippen LogP contribution in [0.3, 0.4) is 0 Å². The Morgan fingerprint density at radius 2 is 1.82 bits per heavy atom. The van der Waals surface area contributed by atoms with Crippen LogP contribution in [0.5, 0.6) is 11.5 Å². The molecule has 3 rings (SSSR count). The number of guanidine groups is 1. The number of fused-ring (bicyclic) bond motifs is 1. The van der Waals surface area contributed by atoms with Crippen LogP contribution < -0.4 is 20.1 Å². The molecule has 0 bridgehead atoms. The maximum Gasteiger partial charge on any atom is 0.195 e. The molecule has 1 unspecified atom stereocenters. The van der Waals surface area contributed by atoms with Gasteiger partial charge in [0.2, 0.25) is 0 Å². The third-order valence-corrected chi connectivity index (χ3v) is 5.00. The number of hydrogen-bond acceptors (Lipinski definition) is 5. The molecule has 0 saturated carbocycles. The van der Waals surface area contributed by atoms with Crippen LogP contribution >= 0.6 is 24.0 Å². The van der Waals surface area contributed by atoms with Gasteiger partial charge in [-0.25, -0.2) is 0 Å². The molecule has 0 aromatic heterocycles. The Kier molecular flexibility index (Phi) is 9.60. The van der Waals surface area contributed by atoms with Gasteiger partial charge >= 0.3 is 0 Å². The van der Waals surface area contributed by atoms with E-state index in [1.807, 2.05) is 18.2 Å². The Labute approximate surface area is 185 Å². The fourth-order valence-corrected chi connectivity index (χ4v) is 3.45. The zero-order valence-electron chi connectivity index (χ0n) is 17.1. The topological polar surface area (TPSA) is 67.4 Å². The summed E-state index contributed by atoms with van der Waals surface area (Å²) in [6, 6.07) is 6.34. The van der Waals surface area contributed by atoms with E-state index in [1.165, 1.54) is 0 Å². The van der Waals surface area contributed by atoms with E-state index in [4.69, 9.17) is 14.2 Å². The first-order chi connectivity index (χ1) is 13.2. The second kappa shape index (κ2) is 11.7. The normalized spacial score (nSPS) is 18.8. The van der Waals surface area contributed by atoms with Gasteiger partial charge in [0, 0.05) is 50.9 Å². The molecule has 1 aromatic rings. The van der Waals surface area contributed by atoms with Crippen molar-refractivity contribution in [1.29, 1.82) is 0 Å². The number of morpholine rings is 1. The quantitative estimate of drug-likeness (QED) is 0.366. The van der Waals surface area contributed by atoms with Gasteiger partial charge in [-0.15, -0.1) is 24.0 Å². The highest BCUT2D eigenvalue weighted by molar-refractivity contribution is 14.0. The smallest absolute Gasteiger partial charge is 0.195 e. The number of benzene rings is 1. The van der Waals surface area contributed by atoms with Gasteiger partial charge in [-0.1, -0.05) is 13.8 Å². The lowest BCUT2D eigenvalue weighted by atomic mass is 10.0. The SMILES string of the molecule is CN=C(NCC(C(C)C)N1CCOCC1)Nc1ccc2c(c1)OCCCO2.I. The minimum Gasteiger partial charge on any atom is -0.490 e. The summed E-state index contributed by atoms with van der Waals surface area (Å²) in [5.74, 6) is 2.88. The molecule has 2 N–H and O–H groups in total. The van der Waals surface area contributed by atoms with Crippen LogP contribution in [0.1, 0.15) is 20.3 Å². The summed E-state index contributed by atoms with van der Waals surface area (Å²) in [5.41, 5.74) is 0.930. The molecule has 0 radical (unpaired) electrons. The van der Waals surface area contributed by atoms with Gasteiger partial charge in [-0.05, 0) is 18.1 Å². The van der Waals surface area contributed by atoms with Crippen molar-refractivity contribution < 1.29 is 14.2 Å². The molecule has 0 aliphatic carbocycles. The number of nitrogens with one attached hydrogen (secondary N) is 2. The van der Waals surface area contributed by atoms with E-state index >= 15 is 0 Å². The van der Waals surface area contributed by atoms with Crippen molar-refractivity contribution in [2.75, 3.05) is 58.4 Å². The van der Waals surface area contributed by atoms with Crippen molar-refractivity contribution in [3.8, 4) is 11.5 Å². The van der Waals surface area contributed by atoms with Crippen molar-refractivity contribution in [3.05, 3.63) is 18.2 Å². The number of rotatable bonds is 5. The molecule has 158 valence electrons. The lowest BCUT2D eigenvalue weighted by Gasteiger charge is -2.37. The number of ether oxygens (including phenoxy) is 3. The molecule has 1 saturated heterocycles. The van der Waals surface area contributed by atoms with E-state index in [0.29, 0.717) is 25.2 Å². The van der Waals surface area contributed by atoms with Gasteiger partial charge in [-0.3, -0.25) is 9.89 Å². The average molecular weight is 504 g/mol. The zero-order valence-corrected chi connectivity index (χ0v) is 19.4. The summed E-state index contributed by atoms with van der Waals surface area (Å²) >= 11 is 0. The molecule has 2 aliphatic heterocycles. The standard InChI is InChI=1S/C20H32N4O3.HI/c1-15(2)17(24-7-11-25-12-8-24)14-22-20(21-3)23-16-5-6-18-19(13-16)27-10-4-9-26-18;/h5-6,13,15,17H,4,7-12,14H2,1-3H3,(H2,21,22,23);1H. The number of anilines is 1. The van der Waals surface area contributed by atoms with E-state index in [2.05, 4.69) is 34.4 Å². The first-order valence-electron chi connectivity index (χ1n) is 9.86. The lowest BCUT2D eigenvalue weighted by Crippen LogP contribution is -2.51. The van der Waals surface area contributed by atoms with Crippen LogP contribution in [0.15, 0.2) is 23.2 Å². The molecular formula is C20H33IN4O3. The minimum atomic E-state index is 0.